The van der Waals surface area contributed by atoms with E-state index in [1.54, 1.807) is 6.07 Å². The molecule has 0 bridgehead atoms. The fraction of sp³-hybridized carbons (Fsp3) is 0.133. The highest BCUT2D eigenvalue weighted by Gasteiger charge is 2.32. The molecular formula is C15H14N2O4S. The fourth-order valence-electron chi connectivity index (χ4n) is 1.94. The zero-order valence-electron chi connectivity index (χ0n) is 11.8. The van der Waals surface area contributed by atoms with Crippen molar-refractivity contribution in [2.45, 2.75) is 0 Å². The Labute approximate surface area is 132 Å². The topological polar surface area (TPSA) is 78.9 Å². The van der Waals surface area contributed by atoms with Gasteiger partial charge in [0, 0.05) is 6.54 Å². The number of rotatable bonds is 4. The van der Waals surface area contributed by atoms with Crippen LogP contribution >= 0.6 is 12.2 Å². The highest BCUT2D eigenvalue weighted by Crippen LogP contribution is 2.27. The van der Waals surface area contributed by atoms with E-state index in [1.807, 2.05) is 0 Å². The molecule has 2 rings (SSSR count). The predicted octanol–water partition coefficient (Wildman–Crippen LogP) is 1.21. The first-order chi connectivity index (χ1) is 10.5. The molecule has 22 heavy (non-hydrogen) atoms. The van der Waals surface area contributed by atoms with Crippen molar-refractivity contribution in [3.8, 4) is 11.5 Å². The number of phenolic OH excluding ortho intramolecular Hbond substituents is 1. The summed E-state index contributed by atoms with van der Waals surface area (Å²) in [6.07, 6.45) is 2.93. The molecule has 7 heteroatoms. The third kappa shape index (κ3) is 2.99. The minimum absolute atomic E-state index is 0.0291. The van der Waals surface area contributed by atoms with Crippen LogP contribution in [-0.2, 0) is 9.59 Å². The SMILES string of the molecule is C=CCN1C(=O)/C(=C\c2ccc(O)c(OC)c2)C(=O)NC1=S. The van der Waals surface area contributed by atoms with Crippen LogP contribution in [-0.4, -0.2) is 40.6 Å². The summed E-state index contributed by atoms with van der Waals surface area (Å²) in [5, 5.41) is 12.1. The number of amides is 2. The van der Waals surface area contributed by atoms with Gasteiger partial charge in [0.15, 0.2) is 16.6 Å². The third-order valence-corrected chi connectivity index (χ3v) is 3.33. The molecule has 1 fully saturated rings. The number of phenols is 1. The molecule has 114 valence electrons. The first-order valence-corrected chi connectivity index (χ1v) is 6.75. The van der Waals surface area contributed by atoms with Gasteiger partial charge >= 0.3 is 0 Å². The minimum atomic E-state index is -0.567. The van der Waals surface area contributed by atoms with Gasteiger partial charge in [-0.25, -0.2) is 0 Å². The van der Waals surface area contributed by atoms with Crippen LogP contribution in [0.4, 0.5) is 0 Å². The molecule has 2 amide bonds. The summed E-state index contributed by atoms with van der Waals surface area (Å²) in [6, 6.07) is 4.51. The Morgan fingerprint density at radius 2 is 2.18 bits per heavy atom. The minimum Gasteiger partial charge on any atom is -0.504 e. The van der Waals surface area contributed by atoms with E-state index >= 15 is 0 Å². The summed E-state index contributed by atoms with van der Waals surface area (Å²) in [6.45, 7) is 3.76. The van der Waals surface area contributed by atoms with Crippen molar-refractivity contribution in [2.75, 3.05) is 13.7 Å². The second-order valence-corrected chi connectivity index (χ2v) is 4.84. The molecule has 1 aromatic rings. The molecule has 0 radical (unpaired) electrons. The lowest BCUT2D eigenvalue weighted by Crippen LogP contribution is -2.53. The maximum absolute atomic E-state index is 12.3. The Kier molecular flexibility index (Phi) is 4.57. The molecule has 1 heterocycles. The van der Waals surface area contributed by atoms with E-state index in [4.69, 9.17) is 17.0 Å². The first kappa shape index (κ1) is 15.7. The van der Waals surface area contributed by atoms with Gasteiger partial charge in [-0.15, -0.1) is 6.58 Å². The van der Waals surface area contributed by atoms with Gasteiger partial charge in [0.25, 0.3) is 11.8 Å². The number of hydrogen-bond donors (Lipinski definition) is 2. The van der Waals surface area contributed by atoms with E-state index < -0.39 is 11.8 Å². The Morgan fingerprint density at radius 1 is 1.45 bits per heavy atom. The lowest BCUT2D eigenvalue weighted by atomic mass is 10.1. The normalized spacial score (nSPS) is 16.7. The van der Waals surface area contributed by atoms with Gasteiger partial charge < -0.3 is 9.84 Å². The van der Waals surface area contributed by atoms with Gasteiger partial charge in [-0.3, -0.25) is 19.8 Å². The van der Waals surface area contributed by atoms with Gasteiger partial charge in [-0.2, -0.15) is 0 Å². The van der Waals surface area contributed by atoms with Crippen LogP contribution in [0.15, 0.2) is 36.4 Å². The lowest BCUT2D eigenvalue weighted by Gasteiger charge is -2.27. The van der Waals surface area contributed by atoms with Crippen LogP contribution in [0.5, 0.6) is 11.5 Å². The van der Waals surface area contributed by atoms with Crippen molar-refractivity contribution in [1.82, 2.24) is 10.2 Å². The van der Waals surface area contributed by atoms with Crippen LogP contribution < -0.4 is 10.1 Å². The maximum Gasteiger partial charge on any atom is 0.265 e. The third-order valence-electron chi connectivity index (χ3n) is 3.01. The van der Waals surface area contributed by atoms with Crippen LogP contribution in [0.3, 0.4) is 0 Å². The van der Waals surface area contributed by atoms with Crippen molar-refractivity contribution in [3.05, 3.63) is 42.0 Å². The van der Waals surface area contributed by atoms with E-state index in [0.29, 0.717) is 5.56 Å². The van der Waals surface area contributed by atoms with Crippen LogP contribution in [0.25, 0.3) is 6.08 Å². The Balaban J connectivity index is 2.40. The lowest BCUT2D eigenvalue weighted by molar-refractivity contribution is -0.128. The van der Waals surface area contributed by atoms with Gasteiger partial charge in [-0.05, 0) is 36.0 Å². The quantitative estimate of drug-likeness (QED) is 0.378. The molecule has 1 aromatic carbocycles. The van der Waals surface area contributed by atoms with Crippen molar-refractivity contribution >= 4 is 35.2 Å². The van der Waals surface area contributed by atoms with Crippen molar-refractivity contribution in [2.24, 2.45) is 0 Å². The first-order valence-electron chi connectivity index (χ1n) is 6.34. The molecule has 1 aliphatic heterocycles. The molecule has 1 saturated heterocycles. The number of carbonyl (C=O) groups is 2. The van der Waals surface area contributed by atoms with E-state index in [1.165, 1.54) is 36.3 Å². The number of aromatic hydroxyl groups is 1. The van der Waals surface area contributed by atoms with Crippen molar-refractivity contribution in [3.63, 3.8) is 0 Å². The Morgan fingerprint density at radius 3 is 2.82 bits per heavy atom. The maximum atomic E-state index is 12.3. The van der Waals surface area contributed by atoms with Gasteiger partial charge in [0.05, 0.1) is 7.11 Å². The standard InChI is InChI=1S/C15H14N2O4S/c1-3-6-17-14(20)10(13(19)16-15(17)22)7-9-4-5-11(18)12(8-9)21-2/h3-5,7-8,18H,1,6H2,2H3,(H,16,19,22)/b10-7-. The summed E-state index contributed by atoms with van der Waals surface area (Å²) >= 11 is 4.97. The highest BCUT2D eigenvalue weighted by molar-refractivity contribution is 7.80. The van der Waals surface area contributed by atoms with Crippen LogP contribution in [0, 0.1) is 0 Å². The summed E-state index contributed by atoms with van der Waals surface area (Å²) in [5.41, 5.74) is 0.489. The zero-order valence-corrected chi connectivity index (χ0v) is 12.6. The number of nitrogens with zero attached hydrogens (tertiary/aromatic N) is 1. The number of hydrogen-bond acceptors (Lipinski definition) is 5. The zero-order chi connectivity index (χ0) is 16.3. The monoisotopic (exact) mass is 318 g/mol. The second-order valence-electron chi connectivity index (χ2n) is 4.45. The molecule has 1 aliphatic rings. The van der Waals surface area contributed by atoms with Crippen LogP contribution in [0.2, 0.25) is 0 Å². The summed E-state index contributed by atoms with van der Waals surface area (Å²) in [4.78, 5) is 25.6. The summed E-state index contributed by atoms with van der Waals surface area (Å²) in [7, 11) is 1.41. The number of thiocarbonyl (C=S) groups is 1. The average Bonchev–Trinajstić information content (AvgIpc) is 2.49. The number of benzene rings is 1. The fourth-order valence-corrected chi connectivity index (χ4v) is 2.19. The predicted molar refractivity (Wildman–Crippen MR) is 85.3 cm³/mol. The second kappa shape index (κ2) is 6.40. The number of carbonyl (C=O) groups excluding carboxylic acids is 2. The van der Waals surface area contributed by atoms with E-state index in [2.05, 4.69) is 11.9 Å². The summed E-state index contributed by atoms with van der Waals surface area (Å²) in [5.74, 6) is -0.849. The van der Waals surface area contributed by atoms with Crippen molar-refractivity contribution < 1.29 is 19.4 Å². The number of nitrogens with one attached hydrogen (secondary N) is 1. The average molecular weight is 318 g/mol. The number of ether oxygens (including phenoxy) is 1. The molecule has 0 unspecified atom stereocenters. The Hall–Kier alpha value is -2.67. The smallest absolute Gasteiger partial charge is 0.265 e. The molecule has 0 saturated carbocycles. The Bertz CT molecular complexity index is 697. The van der Waals surface area contributed by atoms with Crippen molar-refractivity contribution in [1.29, 1.82) is 0 Å². The van der Waals surface area contributed by atoms with E-state index in [-0.39, 0.29) is 28.7 Å². The van der Waals surface area contributed by atoms with Gasteiger partial charge in [0.1, 0.15) is 5.57 Å². The van der Waals surface area contributed by atoms with E-state index in [9.17, 15) is 14.7 Å². The molecular weight excluding hydrogens is 304 g/mol. The molecule has 6 nitrogen and oxygen atoms in total. The molecule has 0 spiro atoms. The van der Waals surface area contributed by atoms with Crippen LogP contribution in [0.1, 0.15) is 5.56 Å². The van der Waals surface area contributed by atoms with Gasteiger partial charge in [0.2, 0.25) is 0 Å². The molecule has 0 aromatic heterocycles. The van der Waals surface area contributed by atoms with E-state index in [0.717, 1.165) is 0 Å². The highest BCUT2D eigenvalue weighted by atomic mass is 32.1. The summed E-state index contributed by atoms with van der Waals surface area (Å²) < 4.78 is 5.00. The van der Waals surface area contributed by atoms with Gasteiger partial charge in [-0.1, -0.05) is 12.1 Å². The molecule has 0 atom stereocenters. The largest absolute Gasteiger partial charge is 0.504 e. The molecule has 2 N–H and O–H groups in total. The molecule has 0 aliphatic carbocycles. The number of methoxy groups -OCH3 is 1.